The van der Waals surface area contributed by atoms with E-state index < -0.39 is 0 Å². The summed E-state index contributed by atoms with van der Waals surface area (Å²) in [5.74, 6) is 1.78. The van der Waals surface area contributed by atoms with Crippen LogP contribution >= 0.6 is 0 Å². The number of methoxy groups -OCH3 is 1. The van der Waals surface area contributed by atoms with E-state index in [-0.39, 0.29) is 5.54 Å². The number of ether oxygens (including phenoxy) is 1. The summed E-state index contributed by atoms with van der Waals surface area (Å²) < 4.78 is 11.2. The summed E-state index contributed by atoms with van der Waals surface area (Å²) in [4.78, 5) is 0. The summed E-state index contributed by atoms with van der Waals surface area (Å²) >= 11 is 0. The zero-order valence-corrected chi connectivity index (χ0v) is 11.7. The maximum atomic E-state index is 5.91. The van der Waals surface area contributed by atoms with Gasteiger partial charge in [0.05, 0.1) is 13.7 Å². The van der Waals surface area contributed by atoms with Crippen LogP contribution in [0, 0.1) is 0 Å². The number of fused-ring (bicyclic) bond motifs is 1. The molecule has 1 saturated carbocycles. The maximum Gasteiger partial charge on any atom is 0.176 e. The summed E-state index contributed by atoms with van der Waals surface area (Å²) in [6, 6.07) is 8.08. The molecule has 0 spiro atoms. The van der Waals surface area contributed by atoms with Crippen molar-refractivity contribution in [3.63, 3.8) is 0 Å². The number of furan rings is 1. The molecule has 3 nitrogen and oxygen atoms in total. The lowest BCUT2D eigenvalue weighted by atomic mass is 10.0. The van der Waals surface area contributed by atoms with Gasteiger partial charge in [0.15, 0.2) is 11.3 Å². The van der Waals surface area contributed by atoms with E-state index >= 15 is 0 Å². The summed E-state index contributed by atoms with van der Waals surface area (Å²) in [6.07, 6.45) is 5.18. The molecule has 0 bridgehead atoms. The Morgan fingerprint density at radius 2 is 2.11 bits per heavy atom. The van der Waals surface area contributed by atoms with Crippen LogP contribution in [-0.2, 0) is 6.54 Å². The van der Waals surface area contributed by atoms with Gasteiger partial charge in [-0.2, -0.15) is 0 Å². The second-order valence-corrected chi connectivity index (χ2v) is 5.71. The smallest absolute Gasteiger partial charge is 0.176 e. The Hall–Kier alpha value is -1.48. The Morgan fingerprint density at radius 3 is 2.84 bits per heavy atom. The molecule has 0 saturated heterocycles. The summed E-state index contributed by atoms with van der Waals surface area (Å²) in [7, 11) is 1.68. The fourth-order valence-electron chi connectivity index (χ4n) is 2.97. The Labute approximate surface area is 113 Å². The van der Waals surface area contributed by atoms with E-state index in [1.807, 2.05) is 12.1 Å². The zero-order chi connectivity index (χ0) is 13.3. The highest BCUT2D eigenvalue weighted by molar-refractivity contribution is 5.83. The van der Waals surface area contributed by atoms with Crippen molar-refractivity contribution in [2.45, 2.75) is 44.7 Å². The second kappa shape index (κ2) is 4.89. The molecule has 2 aromatic rings. The molecule has 1 N–H and O–H groups in total. The van der Waals surface area contributed by atoms with E-state index in [4.69, 9.17) is 9.15 Å². The quantitative estimate of drug-likeness (QED) is 0.905. The van der Waals surface area contributed by atoms with Crippen LogP contribution in [0.15, 0.2) is 28.7 Å². The van der Waals surface area contributed by atoms with Gasteiger partial charge in [-0.1, -0.05) is 25.0 Å². The van der Waals surface area contributed by atoms with Crippen LogP contribution in [-0.4, -0.2) is 12.6 Å². The Balaban J connectivity index is 1.78. The number of para-hydroxylation sites is 1. The molecule has 0 amide bonds. The van der Waals surface area contributed by atoms with Crippen LogP contribution in [0.2, 0.25) is 0 Å². The average Bonchev–Trinajstić information content (AvgIpc) is 3.02. The minimum Gasteiger partial charge on any atom is -0.493 e. The summed E-state index contributed by atoms with van der Waals surface area (Å²) in [5.41, 5.74) is 1.13. The highest BCUT2D eigenvalue weighted by Crippen LogP contribution is 2.31. The highest BCUT2D eigenvalue weighted by Gasteiger charge is 2.28. The van der Waals surface area contributed by atoms with Gasteiger partial charge in [0.2, 0.25) is 0 Å². The molecule has 19 heavy (non-hydrogen) atoms. The standard InChI is InChI=1S/C16H21NO2/c1-16(8-3-4-9-16)17-11-13-10-12-6-5-7-14(18-2)15(12)19-13/h5-7,10,17H,3-4,8-9,11H2,1-2H3. The molecule has 1 aliphatic rings. The van der Waals surface area contributed by atoms with Crippen LogP contribution in [0.5, 0.6) is 5.75 Å². The van der Waals surface area contributed by atoms with Gasteiger partial charge in [0, 0.05) is 10.9 Å². The first-order chi connectivity index (χ1) is 9.20. The van der Waals surface area contributed by atoms with Crippen molar-refractivity contribution in [2.24, 2.45) is 0 Å². The molecule has 1 aromatic heterocycles. The summed E-state index contributed by atoms with van der Waals surface area (Å²) in [5, 5.41) is 4.74. The predicted molar refractivity (Wildman–Crippen MR) is 76.5 cm³/mol. The lowest BCUT2D eigenvalue weighted by Crippen LogP contribution is -2.38. The van der Waals surface area contributed by atoms with Crippen LogP contribution in [0.4, 0.5) is 0 Å². The lowest BCUT2D eigenvalue weighted by Gasteiger charge is -2.24. The van der Waals surface area contributed by atoms with Crippen molar-refractivity contribution in [1.82, 2.24) is 5.32 Å². The molecule has 102 valence electrons. The topological polar surface area (TPSA) is 34.4 Å². The van der Waals surface area contributed by atoms with Crippen molar-refractivity contribution >= 4 is 11.0 Å². The van der Waals surface area contributed by atoms with Gasteiger partial charge in [-0.15, -0.1) is 0 Å². The van der Waals surface area contributed by atoms with E-state index in [1.165, 1.54) is 25.7 Å². The van der Waals surface area contributed by atoms with Crippen LogP contribution in [0.3, 0.4) is 0 Å². The highest BCUT2D eigenvalue weighted by atomic mass is 16.5. The molecule has 1 aliphatic carbocycles. The Bertz CT molecular complexity index is 567. The first-order valence-electron chi connectivity index (χ1n) is 7.01. The minimum absolute atomic E-state index is 0.281. The fourth-order valence-corrected chi connectivity index (χ4v) is 2.97. The van der Waals surface area contributed by atoms with E-state index in [0.29, 0.717) is 0 Å². The van der Waals surface area contributed by atoms with Crippen molar-refractivity contribution in [3.05, 3.63) is 30.0 Å². The average molecular weight is 259 g/mol. The number of hydrogen-bond acceptors (Lipinski definition) is 3. The SMILES string of the molecule is COc1cccc2cc(CNC3(C)CCCC3)oc12. The van der Waals surface area contributed by atoms with Gasteiger partial charge in [-0.25, -0.2) is 0 Å². The van der Waals surface area contributed by atoms with Gasteiger partial charge in [0.1, 0.15) is 5.76 Å². The van der Waals surface area contributed by atoms with E-state index in [9.17, 15) is 0 Å². The number of rotatable bonds is 4. The molecule has 3 heteroatoms. The molecule has 0 aliphatic heterocycles. The summed E-state index contributed by atoms with van der Waals surface area (Å²) in [6.45, 7) is 3.09. The van der Waals surface area contributed by atoms with Crippen molar-refractivity contribution < 1.29 is 9.15 Å². The van der Waals surface area contributed by atoms with Crippen molar-refractivity contribution in [1.29, 1.82) is 0 Å². The second-order valence-electron chi connectivity index (χ2n) is 5.71. The third-order valence-corrected chi connectivity index (χ3v) is 4.18. The minimum atomic E-state index is 0.281. The molecular weight excluding hydrogens is 238 g/mol. The molecule has 0 unspecified atom stereocenters. The number of hydrogen-bond donors (Lipinski definition) is 1. The van der Waals surface area contributed by atoms with E-state index in [2.05, 4.69) is 24.4 Å². The Morgan fingerprint density at radius 1 is 1.32 bits per heavy atom. The zero-order valence-electron chi connectivity index (χ0n) is 11.7. The molecular formula is C16H21NO2. The van der Waals surface area contributed by atoms with Gasteiger partial charge in [-0.3, -0.25) is 0 Å². The van der Waals surface area contributed by atoms with Crippen LogP contribution in [0.1, 0.15) is 38.4 Å². The third kappa shape index (κ3) is 2.47. The first kappa shape index (κ1) is 12.5. The maximum absolute atomic E-state index is 5.91. The van der Waals surface area contributed by atoms with Gasteiger partial charge in [-0.05, 0) is 31.9 Å². The predicted octanol–water partition coefficient (Wildman–Crippen LogP) is 3.86. The molecule has 1 heterocycles. The van der Waals surface area contributed by atoms with Gasteiger partial charge >= 0.3 is 0 Å². The largest absolute Gasteiger partial charge is 0.493 e. The third-order valence-electron chi connectivity index (χ3n) is 4.18. The monoisotopic (exact) mass is 259 g/mol. The molecule has 3 rings (SSSR count). The van der Waals surface area contributed by atoms with Crippen molar-refractivity contribution in [3.8, 4) is 5.75 Å². The first-order valence-corrected chi connectivity index (χ1v) is 7.01. The Kier molecular flexibility index (Phi) is 3.23. The van der Waals surface area contributed by atoms with Crippen LogP contribution in [0.25, 0.3) is 11.0 Å². The number of benzene rings is 1. The molecule has 1 aromatic carbocycles. The normalized spacial score (nSPS) is 18.0. The van der Waals surface area contributed by atoms with Gasteiger partial charge < -0.3 is 14.5 Å². The molecule has 1 fully saturated rings. The lowest BCUT2D eigenvalue weighted by molar-refractivity contribution is 0.343. The number of nitrogens with one attached hydrogen (secondary N) is 1. The van der Waals surface area contributed by atoms with Crippen molar-refractivity contribution in [2.75, 3.05) is 7.11 Å². The van der Waals surface area contributed by atoms with Gasteiger partial charge in [0.25, 0.3) is 0 Å². The van der Waals surface area contributed by atoms with E-state index in [1.54, 1.807) is 7.11 Å². The molecule has 0 atom stereocenters. The fraction of sp³-hybridized carbons (Fsp3) is 0.500. The molecule has 0 radical (unpaired) electrons. The van der Waals surface area contributed by atoms with E-state index in [0.717, 1.165) is 29.0 Å². The van der Waals surface area contributed by atoms with Crippen LogP contribution < -0.4 is 10.1 Å².